The Bertz CT molecular complexity index is 1630. The molecular formula is C34H41N5O6S. The molecule has 3 aromatic carbocycles. The van der Waals surface area contributed by atoms with Crippen molar-refractivity contribution in [3.8, 4) is 27.7 Å². The summed E-state index contributed by atoms with van der Waals surface area (Å²) in [5.41, 5.74) is 17.3. The molecule has 1 aromatic heterocycles. The number of hydrogen-bond donors (Lipinski definition) is 6. The molecule has 5 rings (SSSR count). The van der Waals surface area contributed by atoms with Gasteiger partial charge in [0.1, 0.15) is 29.9 Å². The van der Waals surface area contributed by atoms with Crippen LogP contribution in [0.4, 0.5) is 0 Å². The minimum absolute atomic E-state index is 0.0129. The number of benzene rings is 3. The Kier molecular flexibility index (Phi) is 12.4. The van der Waals surface area contributed by atoms with Crippen LogP contribution in [0, 0.1) is 0 Å². The number of aliphatic carboxylic acids is 1. The lowest BCUT2D eigenvalue weighted by Crippen LogP contribution is -2.33. The highest BCUT2D eigenvalue weighted by Crippen LogP contribution is 2.41. The molecule has 12 heteroatoms. The van der Waals surface area contributed by atoms with Crippen molar-refractivity contribution in [2.75, 3.05) is 32.8 Å². The standard InChI is InChI=1S/C28H27NO4S.C6H14N4O2/c30-21-8-4-20(5-9-21)28-26(24-13-10-22(31)18-25(24)34-28)27(32)19-6-11-23(12-7-19)33-17-16-29-14-2-1-3-15-29;7-4(5(11)12)2-1-3-10-6(8)9/h4-13,18,30-31H,1-3,14-17H2;4H,1-3,7H2,(H,11,12)(H4,8,9,10)/t;4-/m.0/s1. The molecule has 1 aliphatic heterocycles. The summed E-state index contributed by atoms with van der Waals surface area (Å²) in [4.78, 5) is 30.8. The smallest absolute Gasteiger partial charge is 0.320 e. The van der Waals surface area contributed by atoms with Crippen molar-refractivity contribution >= 4 is 39.1 Å². The third-order valence-corrected chi connectivity index (χ3v) is 8.76. The average molecular weight is 648 g/mol. The van der Waals surface area contributed by atoms with Crippen molar-refractivity contribution in [1.82, 2.24) is 4.90 Å². The molecule has 0 bridgehead atoms. The fourth-order valence-electron chi connectivity index (χ4n) is 5.09. The number of rotatable bonds is 12. The molecule has 9 N–H and O–H groups in total. The van der Waals surface area contributed by atoms with E-state index in [9.17, 15) is 19.8 Å². The first-order valence-corrected chi connectivity index (χ1v) is 16.0. The normalized spacial score (nSPS) is 13.8. The Morgan fingerprint density at radius 2 is 1.61 bits per heavy atom. The number of likely N-dealkylation sites (tertiary alicyclic amines) is 1. The van der Waals surface area contributed by atoms with Gasteiger partial charge in [-0.3, -0.25) is 19.5 Å². The maximum atomic E-state index is 13.6. The van der Waals surface area contributed by atoms with E-state index < -0.39 is 12.0 Å². The van der Waals surface area contributed by atoms with E-state index in [1.807, 2.05) is 24.3 Å². The van der Waals surface area contributed by atoms with Gasteiger partial charge in [0.05, 0.1) is 0 Å². The number of aromatic hydroxyl groups is 2. The minimum atomic E-state index is -1.00. The summed E-state index contributed by atoms with van der Waals surface area (Å²) in [5, 5.41) is 28.8. The molecule has 1 fully saturated rings. The second-order valence-corrected chi connectivity index (χ2v) is 12.1. The van der Waals surface area contributed by atoms with Crippen LogP contribution in [-0.4, -0.2) is 76.8 Å². The zero-order chi connectivity index (χ0) is 33.1. The highest BCUT2D eigenvalue weighted by Gasteiger charge is 2.22. The maximum absolute atomic E-state index is 13.6. The van der Waals surface area contributed by atoms with Crippen LogP contribution in [0.25, 0.3) is 20.5 Å². The summed E-state index contributed by atoms with van der Waals surface area (Å²) in [6.07, 6.45) is 4.80. The number of phenolic OH excluding ortho intramolecular Hbond substituents is 2. The van der Waals surface area contributed by atoms with Gasteiger partial charge in [0.15, 0.2) is 11.7 Å². The largest absolute Gasteiger partial charge is 0.508 e. The van der Waals surface area contributed by atoms with E-state index in [1.54, 1.807) is 42.5 Å². The molecule has 0 saturated carbocycles. The Balaban J connectivity index is 0.000000342. The monoisotopic (exact) mass is 647 g/mol. The number of hydrogen-bond acceptors (Lipinski definition) is 9. The van der Waals surface area contributed by atoms with Crippen molar-refractivity contribution in [1.29, 1.82) is 0 Å². The number of carboxylic acid groups (broad SMARTS) is 1. The number of fused-ring (bicyclic) bond motifs is 1. The van der Waals surface area contributed by atoms with E-state index in [0.29, 0.717) is 37.1 Å². The number of nitrogens with zero attached hydrogens (tertiary/aromatic N) is 2. The highest BCUT2D eigenvalue weighted by atomic mass is 32.1. The lowest BCUT2D eigenvalue weighted by Gasteiger charge is -2.26. The number of carbonyl (C=O) groups excluding carboxylic acids is 1. The van der Waals surface area contributed by atoms with Gasteiger partial charge in [-0.2, -0.15) is 0 Å². The predicted octanol–water partition coefficient (Wildman–Crippen LogP) is 4.53. The molecule has 1 aliphatic rings. The molecule has 4 aromatic rings. The molecule has 0 radical (unpaired) electrons. The lowest BCUT2D eigenvalue weighted by atomic mass is 9.97. The van der Waals surface area contributed by atoms with Crippen molar-refractivity contribution in [3.63, 3.8) is 0 Å². The van der Waals surface area contributed by atoms with Crippen LogP contribution in [0.3, 0.4) is 0 Å². The molecule has 1 saturated heterocycles. The molecule has 0 aliphatic carbocycles. The van der Waals surface area contributed by atoms with Gasteiger partial charge in [0.25, 0.3) is 0 Å². The SMILES string of the molecule is NC(N)=NCCC[C@H](N)C(=O)O.O=C(c1ccc(OCCN2CCCCC2)cc1)c1c(-c2ccc(O)cc2)sc2cc(O)ccc12. The first kappa shape index (κ1) is 34.2. The first-order valence-electron chi connectivity index (χ1n) is 15.2. The van der Waals surface area contributed by atoms with E-state index in [2.05, 4.69) is 9.89 Å². The van der Waals surface area contributed by atoms with Crippen LogP contribution in [0.5, 0.6) is 17.2 Å². The van der Waals surface area contributed by atoms with Gasteiger partial charge in [0.2, 0.25) is 0 Å². The first-order chi connectivity index (χ1) is 22.1. The third kappa shape index (κ3) is 9.67. The number of aliphatic imine (C=N–C) groups is 1. The van der Waals surface area contributed by atoms with Crippen LogP contribution in [0.1, 0.15) is 48.0 Å². The number of phenols is 2. The molecule has 0 spiro atoms. The van der Waals surface area contributed by atoms with Crippen LogP contribution in [0.15, 0.2) is 71.7 Å². The maximum Gasteiger partial charge on any atom is 0.320 e. The van der Waals surface area contributed by atoms with Gasteiger partial charge in [-0.25, -0.2) is 0 Å². The quantitative estimate of drug-likeness (QED) is 0.0550. The Morgan fingerprint density at radius 1 is 0.935 bits per heavy atom. The molecular weight excluding hydrogens is 606 g/mol. The van der Waals surface area contributed by atoms with E-state index in [4.69, 9.17) is 27.0 Å². The van der Waals surface area contributed by atoms with Gasteiger partial charge < -0.3 is 37.3 Å². The summed E-state index contributed by atoms with van der Waals surface area (Å²) < 4.78 is 6.76. The Morgan fingerprint density at radius 3 is 2.26 bits per heavy atom. The zero-order valence-electron chi connectivity index (χ0n) is 25.6. The number of thiophene rings is 1. The number of carbonyl (C=O) groups is 2. The van der Waals surface area contributed by atoms with Crippen molar-refractivity contribution in [2.24, 2.45) is 22.2 Å². The fraction of sp³-hybridized carbons (Fsp3) is 0.324. The third-order valence-electron chi connectivity index (χ3n) is 7.56. The van der Waals surface area contributed by atoms with Gasteiger partial charge in [-0.15, -0.1) is 11.3 Å². The van der Waals surface area contributed by atoms with Gasteiger partial charge in [0, 0.05) is 39.2 Å². The number of ether oxygens (including phenoxy) is 1. The van der Waals surface area contributed by atoms with Crippen LogP contribution < -0.4 is 21.9 Å². The Hall–Kier alpha value is -4.65. The fourth-order valence-corrected chi connectivity index (χ4v) is 6.33. The summed E-state index contributed by atoms with van der Waals surface area (Å²) in [6, 6.07) is 18.4. The number of carboxylic acids is 1. The van der Waals surface area contributed by atoms with Crippen LogP contribution in [0.2, 0.25) is 0 Å². The van der Waals surface area contributed by atoms with E-state index in [1.165, 1.54) is 30.6 Å². The van der Waals surface area contributed by atoms with Gasteiger partial charge in [-0.1, -0.05) is 6.42 Å². The summed E-state index contributed by atoms with van der Waals surface area (Å²) in [5.74, 6) is 0.0215. The van der Waals surface area contributed by atoms with E-state index >= 15 is 0 Å². The number of guanidine groups is 1. The summed E-state index contributed by atoms with van der Waals surface area (Å²) in [7, 11) is 0. The molecule has 46 heavy (non-hydrogen) atoms. The second kappa shape index (κ2) is 16.6. The number of ketones is 1. The van der Waals surface area contributed by atoms with Gasteiger partial charge >= 0.3 is 5.97 Å². The molecule has 0 amide bonds. The highest BCUT2D eigenvalue weighted by molar-refractivity contribution is 7.22. The molecule has 11 nitrogen and oxygen atoms in total. The molecule has 2 heterocycles. The van der Waals surface area contributed by atoms with E-state index in [-0.39, 0.29) is 23.2 Å². The molecule has 0 unspecified atom stereocenters. The van der Waals surface area contributed by atoms with E-state index in [0.717, 1.165) is 45.9 Å². The van der Waals surface area contributed by atoms with Crippen molar-refractivity contribution in [3.05, 3.63) is 77.9 Å². The average Bonchev–Trinajstić information content (AvgIpc) is 3.42. The summed E-state index contributed by atoms with van der Waals surface area (Å²) in [6.45, 7) is 4.27. The second-order valence-electron chi connectivity index (χ2n) is 11.0. The molecule has 244 valence electrons. The van der Waals surface area contributed by atoms with Crippen molar-refractivity contribution < 1.29 is 29.6 Å². The Labute approximate surface area is 271 Å². The molecule has 1 atom stereocenters. The van der Waals surface area contributed by atoms with Gasteiger partial charge in [-0.05, 0) is 111 Å². The topological polar surface area (TPSA) is 198 Å². The minimum Gasteiger partial charge on any atom is -0.508 e. The van der Waals surface area contributed by atoms with Crippen LogP contribution >= 0.6 is 11.3 Å². The van der Waals surface area contributed by atoms with Crippen LogP contribution in [-0.2, 0) is 4.79 Å². The predicted molar refractivity (Wildman–Crippen MR) is 182 cm³/mol. The lowest BCUT2D eigenvalue weighted by molar-refractivity contribution is -0.138. The van der Waals surface area contributed by atoms with Crippen molar-refractivity contribution in [2.45, 2.75) is 38.1 Å². The zero-order valence-corrected chi connectivity index (χ0v) is 26.4. The summed E-state index contributed by atoms with van der Waals surface area (Å²) >= 11 is 1.46. The number of nitrogens with two attached hydrogens (primary N) is 3. The number of piperidine rings is 1.